The van der Waals surface area contributed by atoms with E-state index >= 15 is 0 Å². The van der Waals surface area contributed by atoms with Gasteiger partial charge in [0.1, 0.15) is 0 Å². The van der Waals surface area contributed by atoms with E-state index in [4.69, 9.17) is 0 Å². The molecule has 1 N–H and O–H groups in total. The van der Waals surface area contributed by atoms with Crippen LogP contribution in [-0.4, -0.2) is 45.3 Å². The summed E-state index contributed by atoms with van der Waals surface area (Å²) in [5.41, 5.74) is 5.10. The lowest BCUT2D eigenvalue weighted by Gasteiger charge is -2.39. The molecule has 1 unspecified atom stereocenters. The Bertz CT molecular complexity index is 1550. The van der Waals surface area contributed by atoms with Gasteiger partial charge in [0.15, 0.2) is 0 Å². The first-order chi connectivity index (χ1) is 21.0. The second-order valence-corrected chi connectivity index (χ2v) is 12.8. The van der Waals surface area contributed by atoms with Gasteiger partial charge in [-0.05, 0) is 92.4 Å². The van der Waals surface area contributed by atoms with Crippen LogP contribution in [0.4, 0.5) is 0 Å². The number of amides is 1. The van der Waals surface area contributed by atoms with Crippen molar-refractivity contribution in [1.29, 1.82) is 0 Å². The van der Waals surface area contributed by atoms with Crippen molar-refractivity contribution in [2.24, 2.45) is 11.8 Å². The standard InChI is InChI=1S/C37H44N4O2/c1-27-14-15-35-32(21-27)22-33(36(42)39-35)25-41(37(43)31-12-6-3-7-13-31)26-34(29-10-4-2-5-11-29)30-16-19-40(20-17-30)24-28-9-8-18-38-23-28/h2,4-5,8-11,14-15,18,21-23,30-31,34H,3,6-7,12-13,16-17,19-20,24-26H2,1H3,(H,39,42). The van der Waals surface area contributed by atoms with E-state index in [1.807, 2.05) is 41.6 Å². The quantitative estimate of drug-likeness (QED) is 0.237. The first-order valence-electron chi connectivity index (χ1n) is 16.1. The highest BCUT2D eigenvalue weighted by Gasteiger charge is 2.33. The monoisotopic (exact) mass is 576 g/mol. The Morgan fingerprint density at radius 1 is 0.977 bits per heavy atom. The molecule has 1 saturated carbocycles. The fourth-order valence-corrected chi connectivity index (χ4v) is 7.26. The molecule has 6 nitrogen and oxygen atoms in total. The Kier molecular flexibility index (Phi) is 9.33. The Hall–Kier alpha value is -3.77. The molecule has 0 radical (unpaired) electrons. The summed E-state index contributed by atoms with van der Waals surface area (Å²) in [7, 11) is 0. The van der Waals surface area contributed by atoms with Crippen molar-refractivity contribution in [3.63, 3.8) is 0 Å². The normalized spacial score (nSPS) is 17.6. The number of nitrogens with zero attached hydrogens (tertiary/aromatic N) is 3. The number of piperidine rings is 1. The molecule has 1 atom stereocenters. The number of carbonyl (C=O) groups is 1. The fourth-order valence-electron chi connectivity index (χ4n) is 7.26. The molecular formula is C37H44N4O2. The third-order valence-corrected chi connectivity index (χ3v) is 9.68. The maximum Gasteiger partial charge on any atom is 0.253 e. The highest BCUT2D eigenvalue weighted by molar-refractivity contribution is 5.81. The van der Waals surface area contributed by atoms with Crippen LogP contribution in [0, 0.1) is 18.8 Å². The number of H-pyrrole nitrogens is 1. The molecule has 6 heteroatoms. The Morgan fingerprint density at radius 2 is 1.77 bits per heavy atom. The summed E-state index contributed by atoms with van der Waals surface area (Å²) in [4.78, 5) is 39.5. The van der Waals surface area contributed by atoms with E-state index in [2.05, 4.69) is 64.3 Å². The van der Waals surface area contributed by atoms with E-state index in [9.17, 15) is 9.59 Å². The summed E-state index contributed by atoms with van der Waals surface area (Å²) in [6, 6.07) is 23.0. The number of benzene rings is 2. The van der Waals surface area contributed by atoms with Gasteiger partial charge in [0.2, 0.25) is 5.91 Å². The zero-order chi connectivity index (χ0) is 29.6. The van der Waals surface area contributed by atoms with E-state index < -0.39 is 0 Å². The lowest BCUT2D eigenvalue weighted by molar-refractivity contribution is -0.137. The molecule has 1 saturated heterocycles. The maximum absolute atomic E-state index is 14.2. The zero-order valence-corrected chi connectivity index (χ0v) is 25.4. The van der Waals surface area contributed by atoms with Crippen LogP contribution in [0.2, 0.25) is 0 Å². The average Bonchev–Trinajstić information content (AvgIpc) is 3.05. The van der Waals surface area contributed by atoms with E-state index in [1.165, 1.54) is 17.5 Å². The first-order valence-corrected chi connectivity index (χ1v) is 16.1. The molecule has 224 valence electrons. The highest BCUT2D eigenvalue weighted by Crippen LogP contribution is 2.35. The highest BCUT2D eigenvalue weighted by atomic mass is 16.2. The van der Waals surface area contributed by atoms with Crippen LogP contribution in [0.1, 0.15) is 73.1 Å². The predicted octanol–water partition coefficient (Wildman–Crippen LogP) is 6.84. The van der Waals surface area contributed by atoms with Gasteiger partial charge in [-0.3, -0.25) is 19.5 Å². The molecule has 0 bridgehead atoms. The summed E-state index contributed by atoms with van der Waals surface area (Å²) < 4.78 is 0. The zero-order valence-electron chi connectivity index (χ0n) is 25.4. The second-order valence-electron chi connectivity index (χ2n) is 12.8. The molecule has 0 spiro atoms. The minimum absolute atomic E-state index is 0.0493. The molecule has 1 amide bonds. The predicted molar refractivity (Wildman–Crippen MR) is 173 cm³/mol. The van der Waals surface area contributed by atoms with Gasteiger partial charge in [0.25, 0.3) is 5.56 Å². The van der Waals surface area contributed by atoms with Crippen molar-refractivity contribution < 1.29 is 4.79 Å². The second kappa shape index (κ2) is 13.7. The molecular weight excluding hydrogens is 532 g/mol. The molecule has 2 fully saturated rings. The molecule has 3 heterocycles. The van der Waals surface area contributed by atoms with Gasteiger partial charge in [-0.25, -0.2) is 0 Å². The van der Waals surface area contributed by atoms with Crippen molar-refractivity contribution in [2.45, 2.75) is 70.9 Å². The van der Waals surface area contributed by atoms with Crippen LogP contribution in [0.15, 0.2) is 83.9 Å². The topological polar surface area (TPSA) is 69.3 Å². The van der Waals surface area contributed by atoms with Gasteiger partial charge in [0.05, 0.1) is 6.54 Å². The van der Waals surface area contributed by atoms with Gasteiger partial charge < -0.3 is 9.88 Å². The number of fused-ring (bicyclic) bond motifs is 1. The Balaban J connectivity index is 1.27. The number of pyridine rings is 2. The Morgan fingerprint density at radius 3 is 2.51 bits per heavy atom. The van der Waals surface area contributed by atoms with Crippen molar-refractivity contribution in [3.05, 3.63) is 112 Å². The summed E-state index contributed by atoms with van der Waals surface area (Å²) in [6.07, 6.45) is 11.3. The molecule has 6 rings (SSSR count). The van der Waals surface area contributed by atoms with Gasteiger partial charge in [-0.15, -0.1) is 0 Å². The smallest absolute Gasteiger partial charge is 0.253 e. The molecule has 2 aromatic carbocycles. The van der Waals surface area contributed by atoms with Gasteiger partial charge in [-0.1, -0.05) is 67.3 Å². The third kappa shape index (κ3) is 7.24. The van der Waals surface area contributed by atoms with Gasteiger partial charge in [0, 0.05) is 48.4 Å². The SMILES string of the molecule is Cc1ccc2[nH]c(=O)c(CN(CC(c3ccccc3)C3CCN(Cc4cccnc4)CC3)C(=O)C3CCCCC3)cc2c1. The average molecular weight is 577 g/mol. The largest absolute Gasteiger partial charge is 0.337 e. The number of likely N-dealkylation sites (tertiary alicyclic amines) is 1. The van der Waals surface area contributed by atoms with Crippen LogP contribution in [0.25, 0.3) is 10.9 Å². The minimum atomic E-state index is -0.0993. The summed E-state index contributed by atoms with van der Waals surface area (Å²) in [6.45, 7) is 6.03. The maximum atomic E-state index is 14.2. The number of aromatic nitrogens is 2. The summed E-state index contributed by atoms with van der Waals surface area (Å²) in [5, 5.41) is 1.01. The third-order valence-electron chi connectivity index (χ3n) is 9.68. The Labute approximate surface area is 255 Å². The number of hydrogen-bond acceptors (Lipinski definition) is 4. The van der Waals surface area contributed by atoms with E-state index in [-0.39, 0.29) is 23.3 Å². The van der Waals surface area contributed by atoms with Crippen LogP contribution in [0.5, 0.6) is 0 Å². The van der Waals surface area contributed by atoms with Crippen LogP contribution >= 0.6 is 0 Å². The van der Waals surface area contributed by atoms with Crippen molar-refractivity contribution in [3.8, 4) is 0 Å². The van der Waals surface area contributed by atoms with Crippen molar-refractivity contribution in [2.75, 3.05) is 19.6 Å². The van der Waals surface area contributed by atoms with Crippen LogP contribution in [-0.2, 0) is 17.9 Å². The summed E-state index contributed by atoms with van der Waals surface area (Å²) >= 11 is 0. The number of rotatable bonds is 9. The molecule has 1 aliphatic carbocycles. The molecule has 43 heavy (non-hydrogen) atoms. The van der Waals surface area contributed by atoms with E-state index in [0.29, 0.717) is 24.6 Å². The van der Waals surface area contributed by atoms with Gasteiger partial charge in [-0.2, -0.15) is 0 Å². The first kappa shape index (κ1) is 29.3. The lowest BCUT2D eigenvalue weighted by atomic mass is 9.79. The van der Waals surface area contributed by atoms with Crippen LogP contribution in [0.3, 0.4) is 0 Å². The number of aryl methyl sites for hydroxylation is 1. The van der Waals surface area contributed by atoms with Crippen LogP contribution < -0.4 is 5.56 Å². The number of nitrogens with one attached hydrogen (secondary N) is 1. The van der Waals surface area contributed by atoms with Gasteiger partial charge >= 0.3 is 0 Å². The number of aromatic amines is 1. The van der Waals surface area contributed by atoms with Crippen molar-refractivity contribution >= 4 is 16.8 Å². The van der Waals surface area contributed by atoms with E-state index in [1.54, 1.807) is 0 Å². The molecule has 4 aromatic rings. The fraction of sp³-hybridized carbons (Fsp3) is 0.432. The molecule has 2 aromatic heterocycles. The number of carbonyl (C=O) groups excluding carboxylic acids is 1. The van der Waals surface area contributed by atoms with E-state index in [0.717, 1.165) is 74.6 Å². The lowest BCUT2D eigenvalue weighted by Crippen LogP contribution is -2.43. The number of hydrogen-bond donors (Lipinski definition) is 1. The molecule has 2 aliphatic rings. The summed E-state index contributed by atoms with van der Waals surface area (Å²) in [5.74, 6) is 0.953. The molecule has 1 aliphatic heterocycles. The van der Waals surface area contributed by atoms with Crippen molar-refractivity contribution in [1.82, 2.24) is 19.8 Å². The minimum Gasteiger partial charge on any atom is -0.337 e.